The van der Waals surface area contributed by atoms with E-state index in [1.807, 2.05) is 37.3 Å². The van der Waals surface area contributed by atoms with Gasteiger partial charge in [-0.1, -0.05) is 61.4 Å². The Morgan fingerprint density at radius 2 is 1.76 bits per heavy atom. The van der Waals surface area contributed by atoms with Crippen LogP contribution < -0.4 is 5.56 Å². The van der Waals surface area contributed by atoms with Gasteiger partial charge in [0.1, 0.15) is 11.6 Å². The van der Waals surface area contributed by atoms with E-state index < -0.39 is 22.9 Å². The van der Waals surface area contributed by atoms with Crippen LogP contribution in [-0.4, -0.2) is 11.2 Å². The molecule has 0 spiro atoms. The van der Waals surface area contributed by atoms with Crippen LogP contribution in [-0.2, 0) is 24.1 Å². The van der Waals surface area contributed by atoms with Gasteiger partial charge in [0.2, 0.25) is 0 Å². The smallest absolute Gasteiger partial charge is 0.377 e. The van der Waals surface area contributed by atoms with Crippen LogP contribution in [0.2, 0.25) is 0 Å². The molecule has 3 rings (SSSR count). The molecule has 0 unspecified atom stereocenters. The van der Waals surface area contributed by atoms with Crippen molar-refractivity contribution in [3.8, 4) is 17.3 Å². The lowest BCUT2D eigenvalue weighted by Gasteiger charge is -2.18. The molecule has 172 valence electrons. The fraction of sp³-hybridized carbons (Fsp3) is 0.308. The van der Waals surface area contributed by atoms with Crippen molar-refractivity contribution in [2.45, 2.75) is 46.0 Å². The van der Waals surface area contributed by atoms with Crippen molar-refractivity contribution in [2.75, 3.05) is 6.61 Å². The highest BCUT2D eigenvalue weighted by Gasteiger charge is 2.36. The van der Waals surface area contributed by atoms with Crippen LogP contribution in [0.3, 0.4) is 0 Å². The second-order valence-corrected chi connectivity index (χ2v) is 7.91. The fourth-order valence-electron chi connectivity index (χ4n) is 3.54. The number of unbranched alkanes of at least 4 members (excludes halogenated alkanes) is 1. The summed E-state index contributed by atoms with van der Waals surface area (Å²) in [5.74, 6) is 0. The first-order valence-electron chi connectivity index (χ1n) is 10.7. The van der Waals surface area contributed by atoms with E-state index in [4.69, 9.17) is 4.74 Å². The predicted octanol–water partition coefficient (Wildman–Crippen LogP) is 6.08. The third kappa shape index (κ3) is 5.91. The highest BCUT2D eigenvalue weighted by atomic mass is 19.4. The number of aromatic nitrogens is 1. The molecule has 2 aromatic carbocycles. The van der Waals surface area contributed by atoms with Gasteiger partial charge in [-0.2, -0.15) is 18.4 Å². The van der Waals surface area contributed by atoms with E-state index in [-0.39, 0.29) is 12.2 Å². The average molecular weight is 454 g/mol. The van der Waals surface area contributed by atoms with Gasteiger partial charge in [0.05, 0.1) is 24.4 Å². The number of rotatable bonds is 8. The molecule has 0 saturated carbocycles. The van der Waals surface area contributed by atoms with E-state index in [2.05, 4.69) is 6.92 Å². The number of nitriles is 1. The first-order chi connectivity index (χ1) is 15.7. The van der Waals surface area contributed by atoms with E-state index in [0.717, 1.165) is 35.6 Å². The Hall–Kier alpha value is -3.37. The number of hydrogen-bond donors (Lipinski definition) is 0. The monoisotopic (exact) mass is 454 g/mol. The summed E-state index contributed by atoms with van der Waals surface area (Å²) in [6.45, 7) is 5.08. The number of alkyl halides is 3. The van der Waals surface area contributed by atoms with Crippen LogP contribution in [0.5, 0.6) is 0 Å². The molecule has 0 aliphatic carbocycles. The lowest BCUT2D eigenvalue weighted by molar-refractivity contribution is -0.137. The first-order valence-corrected chi connectivity index (χ1v) is 10.7. The number of nitrogens with zero attached hydrogens (tertiary/aromatic N) is 2. The number of pyridine rings is 1. The molecule has 1 heterocycles. The minimum Gasteiger partial charge on any atom is -0.377 e. The summed E-state index contributed by atoms with van der Waals surface area (Å²) in [5, 5.41) is 9.34. The van der Waals surface area contributed by atoms with Crippen molar-refractivity contribution in [1.82, 2.24) is 4.57 Å². The Kier molecular flexibility index (Phi) is 7.72. The van der Waals surface area contributed by atoms with Gasteiger partial charge in [-0.15, -0.1) is 0 Å². The van der Waals surface area contributed by atoms with Gasteiger partial charge in [-0.25, -0.2) is 0 Å². The maximum atomic E-state index is 13.6. The van der Waals surface area contributed by atoms with E-state index in [9.17, 15) is 23.2 Å². The Morgan fingerprint density at radius 3 is 2.36 bits per heavy atom. The van der Waals surface area contributed by atoms with Crippen molar-refractivity contribution < 1.29 is 17.9 Å². The van der Waals surface area contributed by atoms with Crippen LogP contribution in [0.15, 0.2) is 59.4 Å². The zero-order valence-corrected chi connectivity index (χ0v) is 18.6. The lowest BCUT2D eigenvalue weighted by atomic mass is 10.0. The minimum atomic E-state index is -4.82. The van der Waals surface area contributed by atoms with Crippen molar-refractivity contribution in [1.29, 1.82) is 5.26 Å². The maximum Gasteiger partial charge on any atom is 0.417 e. The van der Waals surface area contributed by atoms with Gasteiger partial charge in [0.25, 0.3) is 5.56 Å². The molecule has 33 heavy (non-hydrogen) atoms. The van der Waals surface area contributed by atoms with Gasteiger partial charge >= 0.3 is 6.18 Å². The highest BCUT2D eigenvalue weighted by Crippen LogP contribution is 2.34. The summed E-state index contributed by atoms with van der Waals surface area (Å²) in [6, 6.07) is 16.6. The average Bonchev–Trinajstić information content (AvgIpc) is 2.78. The summed E-state index contributed by atoms with van der Waals surface area (Å²) in [5.41, 5.74) is 0.0399. The Bertz CT molecular complexity index is 1210. The Labute approximate surface area is 190 Å². The number of aryl methyl sites for hydroxylation is 1. The highest BCUT2D eigenvalue weighted by molar-refractivity contribution is 5.63. The molecule has 0 aliphatic heterocycles. The van der Waals surface area contributed by atoms with E-state index in [1.54, 1.807) is 18.2 Å². The quantitative estimate of drug-likeness (QED) is 0.388. The molecule has 3 aromatic rings. The van der Waals surface area contributed by atoms with Gasteiger partial charge in [0, 0.05) is 6.61 Å². The molecule has 0 aliphatic rings. The molecular formula is C26H25F3N2O2. The van der Waals surface area contributed by atoms with Gasteiger partial charge in [-0.05, 0) is 42.2 Å². The van der Waals surface area contributed by atoms with Gasteiger partial charge in [-0.3, -0.25) is 4.79 Å². The molecular weight excluding hydrogens is 429 g/mol. The zero-order chi connectivity index (χ0) is 24.0. The second-order valence-electron chi connectivity index (χ2n) is 7.91. The van der Waals surface area contributed by atoms with E-state index in [0.29, 0.717) is 18.8 Å². The van der Waals surface area contributed by atoms with Crippen molar-refractivity contribution in [2.24, 2.45) is 0 Å². The third-order valence-electron chi connectivity index (χ3n) is 5.31. The predicted molar refractivity (Wildman–Crippen MR) is 121 cm³/mol. The number of hydrogen-bond acceptors (Lipinski definition) is 3. The molecule has 0 N–H and O–H groups in total. The number of benzene rings is 2. The SMILES string of the molecule is CCCCOCc1ccc(Cn2c(-c3cccc(C)c3)cc(C(F)(F)F)c(C#N)c2=O)cc1. The molecule has 1 aromatic heterocycles. The number of ether oxygens (including phenoxy) is 1. The van der Waals surface area contributed by atoms with Gasteiger partial charge < -0.3 is 9.30 Å². The third-order valence-corrected chi connectivity index (χ3v) is 5.31. The minimum absolute atomic E-state index is 0.0336. The molecule has 0 amide bonds. The van der Waals surface area contributed by atoms with Crippen LogP contribution in [0.25, 0.3) is 11.3 Å². The van der Waals surface area contributed by atoms with E-state index >= 15 is 0 Å². The molecule has 0 atom stereocenters. The summed E-state index contributed by atoms with van der Waals surface area (Å²) in [6.07, 6.45) is -2.78. The van der Waals surface area contributed by atoms with E-state index in [1.165, 1.54) is 10.6 Å². The van der Waals surface area contributed by atoms with Crippen molar-refractivity contribution in [3.05, 3.63) is 92.8 Å². The van der Waals surface area contributed by atoms with Crippen molar-refractivity contribution >= 4 is 0 Å². The first kappa shape index (κ1) is 24.3. The lowest BCUT2D eigenvalue weighted by Crippen LogP contribution is -2.28. The Morgan fingerprint density at radius 1 is 1.06 bits per heavy atom. The van der Waals surface area contributed by atoms with Crippen LogP contribution >= 0.6 is 0 Å². The van der Waals surface area contributed by atoms with Crippen LogP contribution in [0.1, 0.15) is 47.6 Å². The molecule has 0 bridgehead atoms. The molecule has 0 fully saturated rings. The molecule has 7 heteroatoms. The molecule has 4 nitrogen and oxygen atoms in total. The van der Waals surface area contributed by atoms with Gasteiger partial charge in [0.15, 0.2) is 0 Å². The summed E-state index contributed by atoms with van der Waals surface area (Å²) in [4.78, 5) is 13.0. The van der Waals surface area contributed by atoms with Crippen LogP contribution in [0.4, 0.5) is 13.2 Å². The summed E-state index contributed by atoms with van der Waals surface area (Å²) >= 11 is 0. The number of halogens is 3. The zero-order valence-electron chi connectivity index (χ0n) is 18.6. The standard InChI is InChI=1S/C26H25F3N2O2/c1-3-4-12-33-17-20-10-8-19(9-11-20)16-31-24(21-7-5-6-18(2)13-21)14-23(26(27,28)29)22(15-30)25(31)32/h5-11,13-14H,3-4,12,16-17H2,1-2H3. The normalized spacial score (nSPS) is 11.4. The maximum absolute atomic E-state index is 13.6. The fourth-order valence-corrected chi connectivity index (χ4v) is 3.54. The summed E-state index contributed by atoms with van der Waals surface area (Å²) < 4.78 is 47.7. The summed E-state index contributed by atoms with van der Waals surface area (Å²) in [7, 11) is 0. The van der Waals surface area contributed by atoms with Crippen LogP contribution in [0, 0.1) is 18.3 Å². The molecule has 0 radical (unpaired) electrons. The topological polar surface area (TPSA) is 55.0 Å². The second kappa shape index (κ2) is 10.5. The Balaban J connectivity index is 2.03. The largest absolute Gasteiger partial charge is 0.417 e. The molecule has 0 saturated heterocycles. The van der Waals surface area contributed by atoms with Crippen molar-refractivity contribution in [3.63, 3.8) is 0 Å².